The van der Waals surface area contributed by atoms with Crippen molar-refractivity contribution in [1.82, 2.24) is 4.90 Å². The fourth-order valence-corrected chi connectivity index (χ4v) is 1.92. The molecule has 0 spiro atoms. The predicted octanol–water partition coefficient (Wildman–Crippen LogP) is 2.21. The van der Waals surface area contributed by atoms with Crippen molar-refractivity contribution in [3.8, 4) is 11.5 Å². The SMILES string of the molecule is CCOc1ccc(/C=C2/OC(=S)N(C)C2=O)cc1OC. The van der Waals surface area contributed by atoms with Gasteiger partial charge in [0.25, 0.3) is 11.1 Å². The summed E-state index contributed by atoms with van der Waals surface area (Å²) in [7, 11) is 3.14. The zero-order valence-electron chi connectivity index (χ0n) is 11.5. The van der Waals surface area contributed by atoms with Crippen LogP contribution in [0.2, 0.25) is 0 Å². The largest absolute Gasteiger partial charge is 0.493 e. The highest BCUT2D eigenvalue weighted by Crippen LogP contribution is 2.29. The van der Waals surface area contributed by atoms with Crippen LogP contribution in [-0.4, -0.2) is 36.7 Å². The van der Waals surface area contributed by atoms with Crippen molar-refractivity contribution >= 4 is 29.4 Å². The second-order valence-electron chi connectivity index (χ2n) is 4.08. The second-order valence-corrected chi connectivity index (χ2v) is 4.43. The lowest BCUT2D eigenvalue weighted by atomic mass is 10.1. The van der Waals surface area contributed by atoms with Crippen LogP contribution in [0.3, 0.4) is 0 Å². The van der Waals surface area contributed by atoms with Crippen LogP contribution in [0.15, 0.2) is 24.0 Å². The van der Waals surface area contributed by atoms with E-state index in [1.165, 1.54) is 4.90 Å². The maximum Gasteiger partial charge on any atom is 0.296 e. The van der Waals surface area contributed by atoms with E-state index in [0.717, 1.165) is 5.56 Å². The van der Waals surface area contributed by atoms with E-state index in [9.17, 15) is 4.79 Å². The number of likely N-dealkylation sites (N-methyl/N-ethyl adjacent to an activating group) is 1. The molecule has 2 rings (SSSR count). The fraction of sp³-hybridized carbons (Fsp3) is 0.286. The first kappa shape index (κ1) is 14.3. The lowest BCUT2D eigenvalue weighted by Gasteiger charge is -2.09. The van der Waals surface area contributed by atoms with Gasteiger partial charge in [0.05, 0.1) is 13.7 Å². The number of thiocarbonyl (C=S) groups is 1. The summed E-state index contributed by atoms with van der Waals surface area (Å²) >= 11 is 4.91. The van der Waals surface area contributed by atoms with E-state index in [0.29, 0.717) is 18.1 Å². The third kappa shape index (κ3) is 2.75. The molecule has 0 aliphatic carbocycles. The van der Waals surface area contributed by atoms with E-state index < -0.39 is 0 Å². The van der Waals surface area contributed by atoms with Gasteiger partial charge in [-0.25, -0.2) is 0 Å². The minimum absolute atomic E-state index is 0.152. The molecule has 1 aliphatic heterocycles. The highest BCUT2D eigenvalue weighted by atomic mass is 32.1. The molecule has 0 saturated carbocycles. The minimum Gasteiger partial charge on any atom is -0.493 e. The number of amides is 1. The Balaban J connectivity index is 2.30. The molecule has 106 valence electrons. The van der Waals surface area contributed by atoms with Gasteiger partial charge in [-0.3, -0.25) is 9.69 Å². The molecule has 1 fully saturated rings. The molecule has 0 N–H and O–H groups in total. The number of carbonyl (C=O) groups excluding carboxylic acids is 1. The summed E-state index contributed by atoms with van der Waals surface area (Å²) in [5.41, 5.74) is 0.770. The van der Waals surface area contributed by atoms with Crippen molar-refractivity contribution in [1.29, 1.82) is 0 Å². The predicted molar refractivity (Wildman–Crippen MR) is 78.6 cm³/mol. The Morgan fingerprint density at radius 2 is 2.15 bits per heavy atom. The van der Waals surface area contributed by atoms with Crippen molar-refractivity contribution in [2.75, 3.05) is 20.8 Å². The number of benzene rings is 1. The lowest BCUT2D eigenvalue weighted by Crippen LogP contribution is -2.22. The van der Waals surface area contributed by atoms with Gasteiger partial charge in [0.15, 0.2) is 17.3 Å². The molecule has 0 atom stereocenters. The highest BCUT2D eigenvalue weighted by Gasteiger charge is 2.30. The Kier molecular flexibility index (Phi) is 4.24. The Morgan fingerprint density at radius 3 is 2.70 bits per heavy atom. The summed E-state index contributed by atoms with van der Waals surface area (Å²) in [5, 5.41) is 0.152. The van der Waals surface area contributed by atoms with E-state index in [1.807, 2.05) is 13.0 Å². The Morgan fingerprint density at radius 1 is 1.40 bits per heavy atom. The quantitative estimate of drug-likeness (QED) is 0.629. The van der Waals surface area contributed by atoms with Gasteiger partial charge in [-0.2, -0.15) is 0 Å². The monoisotopic (exact) mass is 293 g/mol. The van der Waals surface area contributed by atoms with Crippen LogP contribution in [-0.2, 0) is 9.53 Å². The number of nitrogens with zero attached hydrogens (tertiary/aromatic N) is 1. The molecular formula is C14H15NO4S. The average molecular weight is 293 g/mol. The molecule has 0 aromatic heterocycles. The fourth-order valence-electron chi connectivity index (χ4n) is 1.75. The van der Waals surface area contributed by atoms with Gasteiger partial charge in [0.1, 0.15) is 0 Å². The first-order valence-electron chi connectivity index (χ1n) is 6.09. The summed E-state index contributed by atoms with van der Waals surface area (Å²) in [5.74, 6) is 1.19. The van der Waals surface area contributed by atoms with Crippen LogP contribution in [0.5, 0.6) is 11.5 Å². The van der Waals surface area contributed by atoms with Crippen LogP contribution in [0.25, 0.3) is 6.08 Å². The summed E-state index contributed by atoms with van der Waals surface area (Å²) in [6, 6.07) is 5.38. The molecule has 1 heterocycles. The van der Waals surface area contributed by atoms with Gasteiger partial charge >= 0.3 is 0 Å². The first-order chi connectivity index (χ1) is 9.56. The van der Waals surface area contributed by atoms with E-state index in [2.05, 4.69) is 0 Å². The first-order valence-corrected chi connectivity index (χ1v) is 6.50. The molecule has 0 radical (unpaired) electrons. The molecular weight excluding hydrogens is 278 g/mol. The van der Waals surface area contributed by atoms with Crippen molar-refractivity contribution in [2.24, 2.45) is 0 Å². The lowest BCUT2D eigenvalue weighted by molar-refractivity contribution is -0.122. The molecule has 1 aromatic carbocycles. The van der Waals surface area contributed by atoms with Gasteiger partial charge in [-0.05, 0) is 42.9 Å². The number of hydrogen-bond donors (Lipinski definition) is 0. The topological polar surface area (TPSA) is 48.0 Å². The van der Waals surface area contributed by atoms with Crippen molar-refractivity contribution < 1.29 is 19.0 Å². The molecule has 0 unspecified atom stereocenters. The van der Waals surface area contributed by atoms with E-state index in [4.69, 9.17) is 26.4 Å². The maximum atomic E-state index is 11.8. The van der Waals surface area contributed by atoms with E-state index >= 15 is 0 Å². The highest BCUT2D eigenvalue weighted by molar-refractivity contribution is 7.80. The molecule has 1 saturated heterocycles. The average Bonchev–Trinajstić information content (AvgIpc) is 2.68. The number of rotatable bonds is 4. The number of carbonyl (C=O) groups is 1. The summed E-state index contributed by atoms with van der Waals surface area (Å²) in [6.07, 6.45) is 1.62. The third-order valence-electron chi connectivity index (χ3n) is 2.77. The van der Waals surface area contributed by atoms with Gasteiger partial charge in [-0.1, -0.05) is 6.07 Å². The summed E-state index contributed by atoms with van der Waals surface area (Å²) < 4.78 is 15.9. The minimum atomic E-state index is -0.261. The standard InChI is InChI=1S/C14H15NO4S/c1-4-18-10-6-5-9(7-11(10)17-3)8-12-13(16)15(2)14(20)19-12/h5-8H,4H2,1-3H3/b12-8+. The normalized spacial score (nSPS) is 16.6. The molecule has 1 aliphatic rings. The Labute approximate surface area is 122 Å². The Bertz CT molecular complexity index is 583. The molecule has 5 nitrogen and oxygen atoms in total. The zero-order chi connectivity index (χ0) is 14.7. The van der Waals surface area contributed by atoms with E-state index in [-0.39, 0.29) is 16.8 Å². The molecule has 6 heteroatoms. The maximum absolute atomic E-state index is 11.8. The van der Waals surface area contributed by atoms with E-state index in [1.54, 1.807) is 32.4 Å². The van der Waals surface area contributed by atoms with Gasteiger partial charge in [-0.15, -0.1) is 0 Å². The van der Waals surface area contributed by atoms with Gasteiger partial charge in [0.2, 0.25) is 0 Å². The van der Waals surface area contributed by atoms with Crippen LogP contribution in [0, 0.1) is 0 Å². The van der Waals surface area contributed by atoms with Crippen molar-refractivity contribution in [3.05, 3.63) is 29.5 Å². The van der Waals surface area contributed by atoms with Crippen LogP contribution >= 0.6 is 12.2 Å². The van der Waals surface area contributed by atoms with Crippen LogP contribution < -0.4 is 9.47 Å². The number of methoxy groups -OCH3 is 1. The number of hydrogen-bond acceptors (Lipinski definition) is 5. The molecule has 1 amide bonds. The van der Waals surface area contributed by atoms with Crippen LogP contribution in [0.4, 0.5) is 0 Å². The summed E-state index contributed by atoms with van der Waals surface area (Å²) in [6.45, 7) is 2.45. The molecule has 20 heavy (non-hydrogen) atoms. The van der Waals surface area contributed by atoms with Crippen molar-refractivity contribution in [3.63, 3.8) is 0 Å². The zero-order valence-corrected chi connectivity index (χ0v) is 12.3. The second kappa shape index (κ2) is 5.92. The third-order valence-corrected chi connectivity index (χ3v) is 3.13. The van der Waals surface area contributed by atoms with Gasteiger partial charge in [0, 0.05) is 7.05 Å². The Hall–Kier alpha value is -2.08. The van der Waals surface area contributed by atoms with Gasteiger partial charge < -0.3 is 14.2 Å². The van der Waals surface area contributed by atoms with Crippen molar-refractivity contribution in [2.45, 2.75) is 6.92 Å². The smallest absolute Gasteiger partial charge is 0.296 e. The number of ether oxygens (including phenoxy) is 3. The molecule has 1 aromatic rings. The van der Waals surface area contributed by atoms with Crippen LogP contribution in [0.1, 0.15) is 12.5 Å². The molecule has 0 bridgehead atoms. The summed E-state index contributed by atoms with van der Waals surface area (Å²) in [4.78, 5) is 13.1.